The van der Waals surface area contributed by atoms with Gasteiger partial charge in [-0.15, -0.1) is 0 Å². The molecular formula is C29H30N2O5. The highest BCUT2D eigenvalue weighted by molar-refractivity contribution is 6.15. The minimum Gasteiger partial charge on any atom is -0.508 e. The molecule has 0 spiro atoms. The zero-order valence-corrected chi connectivity index (χ0v) is 20.2. The van der Waals surface area contributed by atoms with Gasteiger partial charge in [-0.05, 0) is 67.2 Å². The number of furan rings is 1. The lowest BCUT2D eigenvalue weighted by Gasteiger charge is -2.40. The van der Waals surface area contributed by atoms with Gasteiger partial charge in [0.25, 0.3) is 5.91 Å². The van der Waals surface area contributed by atoms with Crippen LogP contribution in [0, 0.1) is 5.92 Å². The number of aliphatic hydroxyl groups excluding tert-OH is 1. The minimum atomic E-state index is -0.814. The van der Waals surface area contributed by atoms with Gasteiger partial charge in [-0.25, -0.2) is 0 Å². The zero-order chi connectivity index (χ0) is 25.2. The predicted octanol–water partition coefficient (Wildman–Crippen LogP) is 5.04. The second kappa shape index (κ2) is 10.0. The second-order valence-electron chi connectivity index (χ2n) is 9.67. The van der Waals surface area contributed by atoms with Crippen molar-refractivity contribution in [3.05, 3.63) is 101 Å². The van der Waals surface area contributed by atoms with Gasteiger partial charge in [-0.1, -0.05) is 49.4 Å². The largest absolute Gasteiger partial charge is 0.508 e. The van der Waals surface area contributed by atoms with Crippen molar-refractivity contribution in [1.82, 2.24) is 9.80 Å². The van der Waals surface area contributed by atoms with E-state index >= 15 is 0 Å². The molecule has 1 aromatic heterocycles. The molecule has 1 saturated heterocycles. The van der Waals surface area contributed by atoms with Gasteiger partial charge in [0.2, 0.25) is 5.78 Å². The minimum absolute atomic E-state index is 0.0142. The van der Waals surface area contributed by atoms with E-state index < -0.39 is 23.5 Å². The van der Waals surface area contributed by atoms with E-state index in [0.717, 1.165) is 31.5 Å². The number of phenolic OH excluding ortho intramolecular Hbond substituents is 1. The maximum Gasteiger partial charge on any atom is 0.290 e. The van der Waals surface area contributed by atoms with Crippen LogP contribution < -0.4 is 0 Å². The number of rotatable bonds is 7. The molecule has 2 atom stereocenters. The Balaban J connectivity index is 1.55. The Kier molecular flexibility index (Phi) is 6.65. The smallest absolute Gasteiger partial charge is 0.290 e. The van der Waals surface area contributed by atoms with E-state index in [1.165, 1.54) is 24.5 Å². The summed E-state index contributed by atoms with van der Waals surface area (Å²) in [6.45, 7) is 4.37. The number of piperidine rings is 1. The van der Waals surface area contributed by atoms with Crippen LogP contribution in [-0.4, -0.2) is 51.3 Å². The van der Waals surface area contributed by atoms with Gasteiger partial charge in [-0.2, -0.15) is 0 Å². The molecule has 36 heavy (non-hydrogen) atoms. The Labute approximate surface area is 210 Å². The second-order valence-corrected chi connectivity index (χ2v) is 9.67. The van der Waals surface area contributed by atoms with Gasteiger partial charge >= 0.3 is 0 Å². The fourth-order valence-electron chi connectivity index (χ4n) is 5.25. The van der Waals surface area contributed by atoms with E-state index in [1.54, 1.807) is 23.1 Å². The third-order valence-electron chi connectivity index (χ3n) is 7.32. The first-order valence-electron chi connectivity index (χ1n) is 12.3. The topological polar surface area (TPSA) is 94.2 Å². The number of ketones is 1. The Morgan fingerprint density at radius 1 is 1.00 bits per heavy atom. The summed E-state index contributed by atoms with van der Waals surface area (Å²) in [5.41, 5.74) is 1.69. The molecular weight excluding hydrogens is 456 g/mol. The maximum atomic E-state index is 13.5. The van der Waals surface area contributed by atoms with Crippen LogP contribution in [0.5, 0.6) is 5.75 Å². The first kappa shape index (κ1) is 23.9. The molecule has 0 radical (unpaired) electrons. The molecule has 2 aromatic carbocycles. The Morgan fingerprint density at radius 2 is 1.69 bits per heavy atom. The van der Waals surface area contributed by atoms with Crippen molar-refractivity contribution in [3.63, 3.8) is 0 Å². The average Bonchev–Trinajstić information content (AvgIpc) is 3.52. The molecule has 7 heteroatoms. The molecule has 0 bridgehead atoms. The fraction of sp³-hybridized carbons (Fsp3) is 0.310. The van der Waals surface area contributed by atoms with Crippen molar-refractivity contribution in [3.8, 4) is 5.75 Å². The SMILES string of the molecule is CC1CCN(C(CN2C(=O)C(O)=C(C(=O)c3ccco3)C2c2ccc(O)cc2)c2ccccc2)CC1. The van der Waals surface area contributed by atoms with Gasteiger partial charge in [0.15, 0.2) is 11.5 Å². The summed E-state index contributed by atoms with van der Waals surface area (Å²) >= 11 is 0. The Bertz CT molecular complexity index is 1240. The molecule has 1 fully saturated rings. The van der Waals surface area contributed by atoms with Crippen LogP contribution in [0.4, 0.5) is 0 Å². The average molecular weight is 487 g/mol. The highest BCUT2D eigenvalue weighted by Crippen LogP contribution is 2.41. The normalized spacial score (nSPS) is 20.2. The van der Waals surface area contributed by atoms with Crippen molar-refractivity contribution in [2.45, 2.75) is 31.8 Å². The van der Waals surface area contributed by atoms with Crippen LogP contribution in [0.3, 0.4) is 0 Å². The molecule has 5 rings (SSSR count). The van der Waals surface area contributed by atoms with Gasteiger partial charge in [0.1, 0.15) is 5.75 Å². The standard InChI is InChI=1S/C29H30N2O5/c1-19-13-15-30(16-14-19)23(20-6-3-2-4-7-20)18-31-26(21-9-11-22(32)12-10-21)25(28(34)29(31)35)27(33)24-8-5-17-36-24/h2-12,17,19,23,26,32,34H,13-16,18H2,1H3. The number of aliphatic hydroxyl groups is 1. The molecule has 2 unspecified atom stereocenters. The number of hydrogen-bond acceptors (Lipinski definition) is 6. The number of carbonyl (C=O) groups is 2. The van der Waals surface area contributed by atoms with Crippen LogP contribution in [0.15, 0.2) is 88.7 Å². The predicted molar refractivity (Wildman–Crippen MR) is 134 cm³/mol. The van der Waals surface area contributed by atoms with Crippen molar-refractivity contribution in [2.24, 2.45) is 5.92 Å². The molecule has 2 aliphatic heterocycles. The zero-order valence-electron chi connectivity index (χ0n) is 20.2. The van der Waals surface area contributed by atoms with E-state index in [0.29, 0.717) is 18.0 Å². The Hall–Kier alpha value is -3.84. The summed E-state index contributed by atoms with van der Waals surface area (Å²) in [6, 6.07) is 18.6. The Morgan fingerprint density at radius 3 is 2.33 bits per heavy atom. The lowest BCUT2D eigenvalue weighted by atomic mass is 9.93. The number of amides is 1. The molecule has 3 heterocycles. The van der Waals surface area contributed by atoms with Gasteiger partial charge in [-0.3, -0.25) is 14.5 Å². The van der Waals surface area contributed by atoms with E-state index in [9.17, 15) is 19.8 Å². The van der Waals surface area contributed by atoms with Crippen molar-refractivity contribution in [2.75, 3.05) is 19.6 Å². The summed E-state index contributed by atoms with van der Waals surface area (Å²) < 4.78 is 5.31. The summed E-state index contributed by atoms with van der Waals surface area (Å²) in [5.74, 6) is -0.901. The van der Waals surface area contributed by atoms with Gasteiger partial charge in [0.05, 0.1) is 23.9 Å². The highest BCUT2D eigenvalue weighted by Gasteiger charge is 2.45. The van der Waals surface area contributed by atoms with E-state index in [4.69, 9.17) is 4.42 Å². The quantitative estimate of drug-likeness (QED) is 0.455. The number of aromatic hydroxyl groups is 1. The number of carbonyl (C=O) groups excluding carboxylic acids is 2. The molecule has 7 nitrogen and oxygen atoms in total. The van der Waals surface area contributed by atoms with Crippen LogP contribution in [0.1, 0.15) is 53.5 Å². The molecule has 186 valence electrons. The summed E-state index contributed by atoms with van der Waals surface area (Å²) in [6.07, 6.45) is 3.53. The summed E-state index contributed by atoms with van der Waals surface area (Å²) in [5, 5.41) is 20.8. The van der Waals surface area contributed by atoms with E-state index in [1.807, 2.05) is 18.2 Å². The molecule has 1 amide bonds. The number of phenols is 1. The number of Topliss-reactive ketones (excluding diaryl/α,β-unsaturated/α-hetero) is 1. The highest BCUT2D eigenvalue weighted by atomic mass is 16.3. The third-order valence-corrected chi connectivity index (χ3v) is 7.32. The number of nitrogens with zero attached hydrogens (tertiary/aromatic N) is 2. The van der Waals surface area contributed by atoms with Gasteiger partial charge in [0, 0.05) is 6.54 Å². The first-order chi connectivity index (χ1) is 17.4. The number of likely N-dealkylation sites (tertiary alicyclic amines) is 1. The van der Waals surface area contributed by atoms with Crippen LogP contribution >= 0.6 is 0 Å². The van der Waals surface area contributed by atoms with E-state index in [2.05, 4.69) is 24.0 Å². The van der Waals surface area contributed by atoms with Crippen LogP contribution in [-0.2, 0) is 4.79 Å². The maximum absolute atomic E-state index is 13.5. The summed E-state index contributed by atoms with van der Waals surface area (Å²) in [4.78, 5) is 30.9. The summed E-state index contributed by atoms with van der Waals surface area (Å²) in [7, 11) is 0. The third kappa shape index (κ3) is 4.54. The molecule has 0 saturated carbocycles. The van der Waals surface area contributed by atoms with Crippen LogP contribution in [0.25, 0.3) is 0 Å². The number of benzene rings is 2. The molecule has 3 aromatic rings. The van der Waals surface area contributed by atoms with Crippen LogP contribution in [0.2, 0.25) is 0 Å². The lowest BCUT2D eigenvalue weighted by Crippen LogP contribution is -2.43. The molecule has 0 aliphatic carbocycles. The number of hydrogen-bond donors (Lipinski definition) is 2. The molecule has 2 aliphatic rings. The van der Waals surface area contributed by atoms with Gasteiger partial charge < -0.3 is 19.5 Å². The monoisotopic (exact) mass is 486 g/mol. The van der Waals surface area contributed by atoms with Crippen molar-refractivity contribution >= 4 is 11.7 Å². The lowest BCUT2D eigenvalue weighted by molar-refractivity contribution is -0.130. The molecule has 2 N–H and O–H groups in total. The van der Waals surface area contributed by atoms with E-state index in [-0.39, 0.29) is 23.1 Å². The van der Waals surface area contributed by atoms with Crippen molar-refractivity contribution < 1.29 is 24.2 Å². The van der Waals surface area contributed by atoms with Crippen molar-refractivity contribution in [1.29, 1.82) is 0 Å². The fourth-order valence-corrected chi connectivity index (χ4v) is 5.25. The first-order valence-corrected chi connectivity index (χ1v) is 12.3.